The van der Waals surface area contributed by atoms with E-state index < -0.39 is 5.92 Å². The van der Waals surface area contributed by atoms with Gasteiger partial charge in [0, 0.05) is 24.0 Å². The van der Waals surface area contributed by atoms with Gasteiger partial charge in [0.15, 0.2) is 0 Å². The number of hydrogen-bond donors (Lipinski definition) is 2. The molecule has 2 rings (SSSR count). The van der Waals surface area contributed by atoms with E-state index in [1.165, 1.54) is 0 Å². The van der Waals surface area contributed by atoms with Crippen molar-refractivity contribution in [3.05, 3.63) is 34.9 Å². The summed E-state index contributed by atoms with van der Waals surface area (Å²) >= 11 is 6.07. The molecule has 2 atom stereocenters. The number of amides is 2. The Hall–Kier alpha value is -1.55. The minimum atomic E-state index is -0.632. The van der Waals surface area contributed by atoms with Gasteiger partial charge in [-0.15, -0.1) is 0 Å². The van der Waals surface area contributed by atoms with Crippen LogP contribution in [0, 0.1) is 17.3 Å². The summed E-state index contributed by atoms with van der Waals surface area (Å²) in [5, 5.41) is 6.23. The molecule has 1 saturated heterocycles. The first-order valence-electron chi connectivity index (χ1n) is 7.09. The smallest absolute Gasteiger partial charge is 0.233 e. The zero-order chi connectivity index (χ0) is 15.6. The Morgan fingerprint density at radius 3 is 2.67 bits per heavy atom. The van der Waals surface area contributed by atoms with Crippen LogP contribution in [0.4, 0.5) is 0 Å². The Bertz CT molecular complexity index is 551. The largest absolute Gasteiger partial charge is 0.355 e. The highest BCUT2D eigenvalue weighted by atomic mass is 35.5. The van der Waals surface area contributed by atoms with Crippen molar-refractivity contribution in [2.75, 3.05) is 6.54 Å². The summed E-state index contributed by atoms with van der Waals surface area (Å²) in [6, 6.07) is 7.35. The molecule has 1 aromatic rings. The Morgan fingerprint density at radius 1 is 1.38 bits per heavy atom. The van der Waals surface area contributed by atoms with E-state index in [1.807, 2.05) is 39.0 Å². The molecule has 5 heteroatoms. The van der Waals surface area contributed by atoms with Crippen molar-refractivity contribution in [3.63, 3.8) is 0 Å². The quantitative estimate of drug-likeness (QED) is 0.842. The topological polar surface area (TPSA) is 58.2 Å². The number of benzene rings is 1. The molecule has 0 radical (unpaired) electrons. The van der Waals surface area contributed by atoms with Gasteiger partial charge in [0.05, 0.1) is 0 Å². The van der Waals surface area contributed by atoms with Crippen molar-refractivity contribution in [1.29, 1.82) is 0 Å². The first-order valence-corrected chi connectivity index (χ1v) is 7.47. The monoisotopic (exact) mass is 308 g/mol. The van der Waals surface area contributed by atoms with Crippen LogP contribution in [0.5, 0.6) is 0 Å². The first kappa shape index (κ1) is 15.8. The Labute approximate surface area is 130 Å². The molecule has 1 aromatic carbocycles. The van der Waals surface area contributed by atoms with E-state index in [1.54, 1.807) is 6.07 Å². The highest BCUT2D eigenvalue weighted by Gasteiger charge is 2.45. The Kier molecular flexibility index (Phi) is 4.57. The van der Waals surface area contributed by atoms with Gasteiger partial charge in [0.2, 0.25) is 11.8 Å². The summed E-state index contributed by atoms with van der Waals surface area (Å²) in [4.78, 5) is 24.3. The van der Waals surface area contributed by atoms with Crippen molar-refractivity contribution in [2.45, 2.75) is 27.3 Å². The summed E-state index contributed by atoms with van der Waals surface area (Å²) in [5.41, 5.74) is 0.740. The molecule has 1 aliphatic heterocycles. The van der Waals surface area contributed by atoms with E-state index >= 15 is 0 Å². The summed E-state index contributed by atoms with van der Waals surface area (Å²) in [6.07, 6.45) is 0. The number of nitrogens with one attached hydrogen (secondary N) is 2. The van der Waals surface area contributed by atoms with Crippen molar-refractivity contribution >= 4 is 23.4 Å². The van der Waals surface area contributed by atoms with Gasteiger partial charge in [-0.1, -0.05) is 50.6 Å². The van der Waals surface area contributed by atoms with E-state index in [0.717, 1.165) is 5.56 Å². The van der Waals surface area contributed by atoms with Crippen LogP contribution in [0.15, 0.2) is 24.3 Å². The standard InChI is InChI=1S/C16H21ClN2O2/c1-16(2,3)11-9-19-15(21)13(11)14(20)18-8-10-6-4-5-7-12(10)17/h4-7,11,13H,8-9H2,1-3H3,(H,18,20)(H,19,21)/t11-,13-/m1/s1. The summed E-state index contributed by atoms with van der Waals surface area (Å²) in [6.45, 7) is 7.02. The van der Waals surface area contributed by atoms with Crippen LogP contribution in [0.2, 0.25) is 5.02 Å². The molecule has 0 spiro atoms. The predicted octanol–water partition coefficient (Wildman–Crippen LogP) is 2.36. The third-order valence-corrected chi connectivity index (χ3v) is 4.36. The normalized spacial score (nSPS) is 22.0. The second-order valence-corrected chi connectivity index (χ2v) is 6.91. The lowest BCUT2D eigenvalue weighted by Crippen LogP contribution is -2.40. The number of carbonyl (C=O) groups is 2. The maximum Gasteiger partial charge on any atom is 0.233 e. The van der Waals surface area contributed by atoms with Crippen molar-refractivity contribution in [3.8, 4) is 0 Å². The van der Waals surface area contributed by atoms with E-state index in [-0.39, 0.29) is 23.1 Å². The number of carbonyl (C=O) groups excluding carboxylic acids is 2. The molecule has 0 bridgehead atoms. The molecular formula is C16H21ClN2O2. The molecule has 4 nitrogen and oxygen atoms in total. The van der Waals surface area contributed by atoms with Crippen LogP contribution in [-0.4, -0.2) is 18.4 Å². The second kappa shape index (κ2) is 6.06. The minimum absolute atomic E-state index is 0.00348. The molecule has 2 amide bonds. The summed E-state index contributed by atoms with van der Waals surface area (Å²) < 4.78 is 0. The van der Waals surface area contributed by atoms with E-state index in [0.29, 0.717) is 18.1 Å². The van der Waals surface area contributed by atoms with Crippen molar-refractivity contribution in [1.82, 2.24) is 10.6 Å². The van der Waals surface area contributed by atoms with E-state index in [4.69, 9.17) is 11.6 Å². The van der Waals surface area contributed by atoms with Crippen LogP contribution >= 0.6 is 11.6 Å². The first-order chi connectivity index (χ1) is 9.80. The molecule has 1 fully saturated rings. The maximum absolute atomic E-state index is 12.4. The third-order valence-electron chi connectivity index (χ3n) is 3.99. The fourth-order valence-electron chi connectivity index (χ4n) is 2.66. The highest BCUT2D eigenvalue weighted by Crippen LogP contribution is 2.35. The minimum Gasteiger partial charge on any atom is -0.355 e. The van der Waals surface area contributed by atoms with Gasteiger partial charge in [-0.25, -0.2) is 0 Å². The van der Waals surface area contributed by atoms with Crippen molar-refractivity contribution < 1.29 is 9.59 Å². The maximum atomic E-state index is 12.4. The van der Waals surface area contributed by atoms with Gasteiger partial charge in [0.1, 0.15) is 5.92 Å². The summed E-state index contributed by atoms with van der Waals surface area (Å²) in [7, 11) is 0. The molecule has 2 N–H and O–H groups in total. The van der Waals surface area contributed by atoms with Crippen LogP contribution in [0.1, 0.15) is 26.3 Å². The molecule has 0 aromatic heterocycles. The lowest BCUT2D eigenvalue weighted by atomic mass is 9.74. The number of rotatable bonds is 3. The number of hydrogen-bond acceptors (Lipinski definition) is 2. The average molecular weight is 309 g/mol. The molecule has 0 aliphatic carbocycles. The molecule has 0 unspecified atom stereocenters. The second-order valence-electron chi connectivity index (χ2n) is 6.50. The number of halogens is 1. The Morgan fingerprint density at radius 2 is 2.05 bits per heavy atom. The third kappa shape index (κ3) is 3.56. The lowest BCUT2D eigenvalue weighted by Gasteiger charge is -2.29. The zero-order valence-electron chi connectivity index (χ0n) is 12.6. The molecule has 21 heavy (non-hydrogen) atoms. The zero-order valence-corrected chi connectivity index (χ0v) is 13.3. The lowest BCUT2D eigenvalue weighted by molar-refractivity contribution is -0.135. The van der Waals surface area contributed by atoms with Crippen LogP contribution in [-0.2, 0) is 16.1 Å². The van der Waals surface area contributed by atoms with Gasteiger partial charge in [-0.3, -0.25) is 9.59 Å². The molecule has 1 aliphatic rings. The molecule has 0 saturated carbocycles. The van der Waals surface area contributed by atoms with Gasteiger partial charge >= 0.3 is 0 Å². The fourth-order valence-corrected chi connectivity index (χ4v) is 2.87. The molecule has 114 valence electrons. The predicted molar refractivity (Wildman–Crippen MR) is 82.7 cm³/mol. The van der Waals surface area contributed by atoms with Crippen molar-refractivity contribution in [2.24, 2.45) is 17.3 Å². The molecular weight excluding hydrogens is 288 g/mol. The summed E-state index contributed by atoms with van der Waals surface area (Å²) in [5.74, 6) is -1.06. The van der Waals surface area contributed by atoms with Crippen LogP contribution in [0.25, 0.3) is 0 Å². The van der Waals surface area contributed by atoms with Gasteiger partial charge in [0.25, 0.3) is 0 Å². The Balaban J connectivity index is 2.05. The van der Waals surface area contributed by atoms with Gasteiger partial charge < -0.3 is 10.6 Å². The van der Waals surface area contributed by atoms with Gasteiger partial charge in [-0.2, -0.15) is 0 Å². The molecule has 1 heterocycles. The van der Waals surface area contributed by atoms with Crippen LogP contribution < -0.4 is 10.6 Å². The SMILES string of the molecule is CC(C)(C)[C@@H]1CNC(=O)[C@H]1C(=O)NCc1ccccc1Cl. The van der Waals surface area contributed by atoms with E-state index in [9.17, 15) is 9.59 Å². The van der Waals surface area contributed by atoms with E-state index in [2.05, 4.69) is 10.6 Å². The van der Waals surface area contributed by atoms with Crippen LogP contribution in [0.3, 0.4) is 0 Å². The fraction of sp³-hybridized carbons (Fsp3) is 0.500. The average Bonchev–Trinajstić information content (AvgIpc) is 2.79. The highest BCUT2D eigenvalue weighted by molar-refractivity contribution is 6.31. The van der Waals surface area contributed by atoms with Gasteiger partial charge in [-0.05, 0) is 17.0 Å².